The summed E-state index contributed by atoms with van der Waals surface area (Å²) in [7, 11) is 2.31. The van der Waals surface area contributed by atoms with Gasteiger partial charge in [0.25, 0.3) is 0 Å². The average Bonchev–Trinajstić information content (AvgIpc) is 2.38. The summed E-state index contributed by atoms with van der Waals surface area (Å²) in [5, 5.41) is 3.49. The molecule has 0 radical (unpaired) electrons. The highest BCUT2D eigenvalue weighted by molar-refractivity contribution is 4.69. The van der Waals surface area contributed by atoms with Crippen LogP contribution in [0.25, 0.3) is 0 Å². The predicted octanol–water partition coefficient (Wildman–Crippen LogP) is 4.06. The van der Waals surface area contributed by atoms with Gasteiger partial charge in [0.1, 0.15) is 0 Å². The van der Waals surface area contributed by atoms with Crippen molar-refractivity contribution >= 4 is 0 Å². The Morgan fingerprint density at radius 1 is 1.00 bits per heavy atom. The second-order valence-corrected chi connectivity index (χ2v) is 6.79. The van der Waals surface area contributed by atoms with E-state index in [1.165, 1.54) is 77.4 Å². The molecule has 0 aromatic rings. The first kappa shape index (κ1) is 17.0. The summed E-state index contributed by atoms with van der Waals surface area (Å²) in [5.74, 6) is 0.994. The van der Waals surface area contributed by atoms with Gasteiger partial charge in [-0.1, -0.05) is 46.0 Å². The van der Waals surface area contributed by atoms with Crippen LogP contribution >= 0.6 is 0 Å². The molecule has 1 aliphatic carbocycles. The molecule has 0 atom stereocenters. The fourth-order valence-electron chi connectivity index (χ4n) is 3.15. The first-order chi connectivity index (χ1) is 9.18. The molecule has 2 heteroatoms. The molecule has 114 valence electrons. The van der Waals surface area contributed by atoms with E-state index in [0.717, 1.165) is 5.92 Å². The summed E-state index contributed by atoms with van der Waals surface area (Å²) in [6.45, 7) is 8.28. The Morgan fingerprint density at radius 3 is 2.37 bits per heavy atom. The fraction of sp³-hybridized carbons (Fsp3) is 1.00. The minimum atomic E-state index is 0.640. The standard InChI is InChI=1S/C17H36N2/c1-16(2)18-13-9-4-5-10-14-19(3)15-17-11-7-6-8-12-17/h16-18H,4-15H2,1-3H3. The van der Waals surface area contributed by atoms with E-state index in [2.05, 4.69) is 31.1 Å². The van der Waals surface area contributed by atoms with E-state index in [-0.39, 0.29) is 0 Å². The van der Waals surface area contributed by atoms with E-state index in [0.29, 0.717) is 6.04 Å². The smallest absolute Gasteiger partial charge is 0.00103 e. The Morgan fingerprint density at radius 2 is 1.68 bits per heavy atom. The number of nitrogens with one attached hydrogen (secondary N) is 1. The number of rotatable bonds is 10. The SMILES string of the molecule is CC(C)NCCCCCCN(C)CC1CCCCC1. The maximum Gasteiger partial charge on any atom is 0.00103 e. The summed E-state index contributed by atoms with van der Waals surface area (Å²) >= 11 is 0. The van der Waals surface area contributed by atoms with E-state index >= 15 is 0 Å². The van der Waals surface area contributed by atoms with E-state index < -0.39 is 0 Å². The third kappa shape index (κ3) is 9.45. The highest BCUT2D eigenvalue weighted by Crippen LogP contribution is 2.24. The van der Waals surface area contributed by atoms with Gasteiger partial charge in [0.05, 0.1) is 0 Å². The Kier molecular flexibility index (Phi) is 9.54. The molecule has 0 aromatic heterocycles. The molecule has 1 saturated carbocycles. The number of nitrogens with zero attached hydrogens (tertiary/aromatic N) is 1. The van der Waals surface area contributed by atoms with Crippen molar-refractivity contribution in [2.24, 2.45) is 5.92 Å². The Bertz CT molecular complexity index is 197. The third-order valence-corrected chi connectivity index (χ3v) is 4.31. The molecule has 1 rings (SSSR count). The van der Waals surface area contributed by atoms with E-state index in [4.69, 9.17) is 0 Å². The normalized spacial score (nSPS) is 17.5. The first-order valence-corrected chi connectivity index (χ1v) is 8.60. The molecule has 0 aromatic carbocycles. The fourth-order valence-corrected chi connectivity index (χ4v) is 3.15. The quantitative estimate of drug-likeness (QED) is 0.601. The van der Waals surface area contributed by atoms with Gasteiger partial charge < -0.3 is 10.2 Å². The number of unbranched alkanes of at least 4 members (excludes halogenated alkanes) is 3. The van der Waals surface area contributed by atoms with E-state index in [1.807, 2.05) is 0 Å². The van der Waals surface area contributed by atoms with Crippen molar-refractivity contribution in [1.29, 1.82) is 0 Å². The van der Waals surface area contributed by atoms with E-state index in [9.17, 15) is 0 Å². The van der Waals surface area contributed by atoms with Crippen molar-refractivity contribution in [3.05, 3.63) is 0 Å². The number of hydrogen-bond acceptors (Lipinski definition) is 2. The lowest BCUT2D eigenvalue weighted by molar-refractivity contribution is 0.230. The van der Waals surface area contributed by atoms with Gasteiger partial charge in [-0.15, -0.1) is 0 Å². The maximum absolute atomic E-state index is 3.49. The van der Waals surface area contributed by atoms with Crippen LogP contribution in [0.1, 0.15) is 71.6 Å². The summed E-state index contributed by atoms with van der Waals surface area (Å²) < 4.78 is 0. The third-order valence-electron chi connectivity index (χ3n) is 4.31. The monoisotopic (exact) mass is 268 g/mol. The summed E-state index contributed by atoms with van der Waals surface area (Å²) in [6, 6.07) is 0.640. The second kappa shape index (κ2) is 10.7. The molecular weight excluding hydrogens is 232 g/mol. The van der Waals surface area contributed by atoms with Gasteiger partial charge in [-0.3, -0.25) is 0 Å². The average molecular weight is 268 g/mol. The van der Waals surface area contributed by atoms with Crippen molar-refractivity contribution < 1.29 is 0 Å². The zero-order valence-electron chi connectivity index (χ0n) is 13.6. The van der Waals surface area contributed by atoms with Gasteiger partial charge in [-0.05, 0) is 51.7 Å². The molecule has 0 saturated heterocycles. The molecule has 19 heavy (non-hydrogen) atoms. The van der Waals surface area contributed by atoms with Gasteiger partial charge in [0.2, 0.25) is 0 Å². The van der Waals surface area contributed by atoms with Crippen LogP contribution in [-0.2, 0) is 0 Å². The van der Waals surface area contributed by atoms with Crippen LogP contribution in [0.4, 0.5) is 0 Å². The molecule has 0 amide bonds. The van der Waals surface area contributed by atoms with Crippen molar-refractivity contribution in [2.45, 2.75) is 77.7 Å². The molecule has 0 spiro atoms. The Balaban J connectivity index is 1.88. The molecule has 0 heterocycles. The van der Waals surface area contributed by atoms with Gasteiger partial charge in [0, 0.05) is 12.6 Å². The summed E-state index contributed by atoms with van der Waals surface area (Å²) in [5.41, 5.74) is 0. The van der Waals surface area contributed by atoms with Crippen LogP contribution < -0.4 is 5.32 Å². The van der Waals surface area contributed by atoms with E-state index in [1.54, 1.807) is 0 Å². The zero-order valence-corrected chi connectivity index (χ0v) is 13.6. The van der Waals surface area contributed by atoms with Gasteiger partial charge in [-0.2, -0.15) is 0 Å². The Hall–Kier alpha value is -0.0800. The summed E-state index contributed by atoms with van der Waals surface area (Å²) in [6.07, 6.45) is 12.9. The minimum absolute atomic E-state index is 0.640. The number of hydrogen-bond donors (Lipinski definition) is 1. The largest absolute Gasteiger partial charge is 0.315 e. The summed E-state index contributed by atoms with van der Waals surface area (Å²) in [4.78, 5) is 2.57. The van der Waals surface area contributed by atoms with Crippen molar-refractivity contribution in [1.82, 2.24) is 10.2 Å². The molecule has 1 fully saturated rings. The first-order valence-electron chi connectivity index (χ1n) is 8.60. The molecule has 0 aliphatic heterocycles. The van der Waals surface area contributed by atoms with Gasteiger partial charge in [-0.25, -0.2) is 0 Å². The van der Waals surface area contributed by atoms with Crippen LogP contribution in [0.5, 0.6) is 0 Å². The van der Waals surface area contributed by atoms with Crippen LogP contribution in [0, 0.1) is 5.92 Å². The molecule has 1 aliphatic rings. The van der Waals surface area contributed by atoms with Crippen LogP contribution in [0.15, 0.2) is 0 Å². The van der Waals surface area contributed by atoms with Gasteiger partial charge >= 0.3 is 0 Å². The van der Waals surface area contributed by atoms with Crippen LogP contribution in [0.3, 0.4) is 0 Å². The highest BCUT2D eigenvalue weighted by atomic mass is 15.1. The molecule has 1 N–H and O–H groups in total. The molecular formula is C17H36N2. The predicted molar refractivity (Wildman–Crippen MR) is 85.7 cm³/mol. The zero-order chi connectivity index (χ0) is 13.9. The van der Waals surface area contributed by atoms with Crippen LogP contribution in [0.2, 0.25) is 0 Å². The lowest BCUT2D eigenvalue weighted by Gasteiger charge is -2.26. The lowest BCUT2D eigenvalue weighted by atomic mass is 9.89. The van der Waals surface area contributed by atoms with Crippen LogP contribution in [-0.4, -0.2) is 37.6 Å². The lowest BCUT2D eigenvalue weighted by Crippen LogP contribution is -2.28. The topological polar surface area (TPSA) is 15.3 Å². The van der Waals surface area contributed by atoms with Crippen molar-refractivity contribution in [3.63, 3.8) is 0 Å². The molecule has 0 bridgehead atoms. The highest BCUT2D eigenvalue weighted by Gasteiger charge is 2.14. The van der Waals surface area contributed by atoms with Crippen molar-refractivity contribution in [3.8, 4) is 0 Å². The molecule has 2 nitrogen and oxygen atoms in total. The minimum Gasteiger partial charge on any atom is -0.315 e. The second-order valence-electron chi connectivity index (χ2n) is 6.79. The maximum atomic E-state index is 3.49. The molecule has 0 unspecified atom stereocenters. The van der Waals surface area contributed by atoms with Gasteiger partial charge in [0.15, 0.2) is 0 Å². The Labute approximate surface area is 121 Å². The van der Waals surface area contributed by atoms with Crippen molar-refractivity contribution in [2.75, 3.05) is 26.7 Å².